The average Bonchev–Trinajstić information content (AvgIpc) is 2.49. The third-order valence-corrected chi connectivity index (χ3v) is 4.06. The first-order valence-electron chi connectivity index (χ1n) is 6.77. The molecule has 1 nitrogen and oxygen atoms in total. The Hall–Kier alpha value is 0.200. The number of fused-ring (bicyclic) bond motifs is 1. The number of hydrogen-bond donors (Lipinski definition) is 1. The van der Waals surface area contributed by atoms with Crippen molar-refractivity contribution in [1.29, 1.82) is 0 Å². The van der Waals surface area contributed by atoms with E-state index in [-0.39, 0.29) is 58.2 Å². The van der Waals surface area contributed by atoms with Crippen LogP contribution in [0.3, 0.4) is 0 Å². The van der Waals surface area contributed by atoms with E-state index < -0.39 is 0 Å². The second kappa shape index (κ2) is 8.16. The van der Waals surface area contributed by atoms with Gasteiger partial charge in [-0.05, 0) is 48.1 Å². The maximum atomic E-state index is 5.59. The van der Waals surface area contributed by atoms with Gasteiger partial charge in [0.1, 0.15) is 0 Å². The summed E-state index contributed by atoms with van der Waals surface area (Å²) in [5.74, 6) is 0. The maximum Gasteiger partial charge on any atom is 1.00 e. The zero-order valence-corrected chi connectivity index (χ0v) is 18.0. The molecule has 0 amide bonds. The van der Waals surface area contributed by atoms with E-state index in [2.05, 4.69) is 54.3 Å². The van der Waals surface area contributed by atoms with E-state index in [1.54, 1.807) is 0 Å². The summed E-state index contributed by atoms with van der Waals surface area (Å²) in [4.78, 5) is 0.979. The number of nitrogens with zero attached hydrogens (tertiary/aromatic N) is 1. The van der Waals surface area contributed by atoms with Crippen molar-refractivity contribution in [3.63, 3.8) is 0 Å². The van der Waals surface area contributed by atoms with E-state index in [9.17, 15) is 0 Å². The van der Waals surface area contributed by atoms with Gasteiger partial charge in [-0.25, -0.2) is 0 Å². The van der Waals surface area contributed by atoms with Crippen LogP contribution in [0.15, 0.2) is 59.1 Å². The van der Waals surface area contributed by atoms with Gasteiger partial charge < -0.3 is 5.23 Å². The quantitative estimate of drug-likeness (QED) is 0.626. The van der Waals surface area contributed by atoms with Gasteiger partial charge in [0.2, 0.25) is 0 Å². The molecule has 0 heterocycles. The molecule has 98 valence electrons. The van der Waals surface area contributed by atoms with Gasteiger partial charge in [0.15, 0.2) is 0 Å². The van der Waals surface area contributed by atoms with Crippen molar-refractivity contribution in [2.45, 2.75) is 24.2 Å². The van der Waals surface area contributed by atoms with Crippen LogP contribution in [0.4, 0.5) is 0 Å². The molecule has 1 aliphatic carbocycles. The molecule has 4 heteroatoms. The Bertz CT molecular complexity index is 655. The normalized spacial score (nSPS) is 13.4. The van der Waals surface area contributed by atoms with Crippen LogP contribution in [0.1, 0.15) is 23.1 Å². The molecule has 2 aromatic rings. The van der Waals surface area contributed by atoms with Crippen molar-refractivity contribution < 1.29 is 58.2 Å². The van der Waals surface area contributed by atoms with Crippen molar-refractivity contribution in [3.05, 3.63) is 76.1 Å². The number of thiol groups is 1. The fraction of sp³-hybridized carbons (Fsp3) is 0.176. The second-order valence-electron chi connectivity index (χ2n) is 5.06. The van der Waals surface area contributed by atoms with Crippen LogP contribution >= 0.6 is 12.6 Å². The van der Waals surface area contributed by atoms with E-state index in [1.165, 1.54) is 22.3 Å². The summed E-state index contributed by atoms with van der Waals surface area (Å²) >= 11 is 4.46. The Morgan fingerprint density at radius 3 is 2.52 bits per heavy atom. The number of benzene rings is 2. The third-order valence-electron chi connectivity index (χ3n) is 3.78. The Kier molecular flexibility index (Phi) is 6.82. The summed E-state index contributed by atoms with van der Waals surface area (Å²) in [7, 11) is 5.59. The average molecular weight is 362 g/mol. The molecule has 3 rings (SSSR count). The summed E-state index contributed by atoms with van der Waals surface area (Å²) < 4.78 is 0. The molecular weight excluding hydrogens is 347 g/mol. The molecule has 0 aromatic heterocycles. The number of rotatable bonds is 3. The van der Waals surface area contributed by atoms with Crippen LogP contribution in [-0.2, 0) is 12.8 Å². The van der Waals surface area contributed by atoms with Crippen molar-refractivity contribution in [1.82, 2.24) is 0 Å². The third kappa shape index (κ3) is 4.14. The van der Waals surface area contributed by atoms with E-state index in [0.29, 0.717) is 0 Å². The van der Waals surface area contributed by atoms with Crippen LogP contribution in [-0.4, -0.2) is 7.98 Å². The van der Waals surface area contributed by atoms with Gasteiger partial charge in [-0.3, -0.25) is 0 Å². The molecule has 0 N–H and O–H groups in total. The predicted octanol–water partition coefficient (Wildman–Crippen LogP) is 1.34. The Labute approximate surface area is 182 Å². The summed E-state index contributed by atoms with van der Waals surface area (Å²) in [6.07, 6.45) is 2.77. The number of aryl methyl sites for hydroxylation is 1. The molecule has 0 unspecified atom stereocenters. The molecule has 0 bridgehead atoms. The zero-order valence-electron chi connectivity index (χ0n) is 12.2. The van der Waals surface area contributed by atoms with Gasteiger partial charge in [0, 0.05) is 4.90 Å². The van der Waals surface area contributed by atoms with Gasteiger partial charge in [0.05, 0.1) is 0 Å². The van der Waals surface area contributed by atoms with Crippen LogP contribution in [0, 0.1) is 0 Å². The minimum Gasteiger partial charge on any atom is -0.724 e. The molecule has 2 aromatic carbocycles. The zero-order chi connectivity index (χ0) is 13.9. The summed E-state index contributed by atoms with van der Waals surface area (Å²) in [6.45, 7) is 0. The van der Waals surface area contributed by atoms with Crippen LogP contribution < -0.4 is 58.2 Å². The van der Waals surface area contributed by atoms with E-state index in [4.69, 9.17) is 7.98 Å². The molecular formula is C17H15BNRbS. The summed E-state index contributed by atoms with van der Waals surface area (Å²) in [5, 5.41) is 4.01. The first-order valence-corrected chi connectivity index (χ1v) is 7.22. The van der Waals surface area contributed by atoms with Gasteiger partial charge in [-0.2, -0.15) is 5.70 Å². The molecule has 0 atom stereocenters. The van der Waals surface area contributed by atoms with Gasteiger partial charge in [-0.1, -0.05) is 50.0 Å². The Morgan fingerprint density at radius 1 is 1.05 bits per heavy atom. The molecule has 1 aliphatic rings. The molecule has 0 aliphatic heterocycles. The number of hydrogen-bond acceptors (Lipinski definition) is 1. The molecule has 0 fully saturated rings. The molecule has 2 radical (unpaired) electrons. The van der Waals surface area contributed by atoms with Crippen LogP contribution in [0.25, 0.3) is 10.8 Å². The maximum absolute atomic E-state index is 5.59. The minimum atomic E-state index is 0. The fourth-order valence-electron chi connectivity index (χ4n) is 2.76. The minimum absolute atomic E-state index is 0. The van der Waals surface area contributed by atoms with E-state index in [0.717, 1.165) is 29.9 Å². The Morgan fingerprint density at radius 2 is 1.81 bits per heavy atom. The van der Waals surface area contributed by atoms with Crippen LogP contribution in [0.2, 0.25) is 0 Å². The largest absolute Gasteiger partial charge is 1.00 e. The van der Waals surface area contributed by atoms with Gasteiger partial charge >= 0.3 is 58.2 Å². The van der Waals surface area contributed by atoms with Gasteiger partial charge in [-0.15, -0.1) is 12.6 Å². The first-order chi connectivity index (χ1) is 9.78. The smallest absolute Gasteiger partial charge is 0.724 e. The molecule has 0 spiro atoms. The monoisotopic (exact) mass is 361 g/mol. The topological polar surface area (TPSA) is 14.1 Å². The molecule has 21 heavy (non-hydrogen) atoms. The Balaban J connectivity index is 0.00000161. The van der Waals surface area contributed by atoms with Crippen molar-refractivity contribution in [2.24, 2.45) is 0 Å². The van der Waals surface area contributed by atoms with Gasteiger partial charge in [0.25, 0.3) is 0 Å². The fourth-order valence-corrected chi connectivity index (χ4v) is 2.97. The first kappa shape index (κ1) is 17.6. The molecule has 0 saturated carbocycles. The summed E-state index contributed by atoms with van der Waals surface area (Å²) in [5.41, 5.74) is 6.13. The van der Waals surface area contributed by atoms with Crippen molar-refractivity contribution >= 4 is 26.2 Å². The van der Waals surface area contributed by atoms with Crippen LogP contribution in [0.5, 0.6) is 0 Å². The predicted molar refractivity (Wildman–Crippen MR) is 88.2 cm³/mol. The van der Waals surface area contributed by atoms with E-state index >= 15 is 0 Å². The molecule has 0 saturated heterocycles. The number of allylic oxidation sites excluding steroid dienone is 2. The SMILES string of the molecule is [B][N-]C1=C(Cc2ccccc2)c2cc(S)ccc2CC1.[Rb+]. The van der Waals surface area contributed by atoms with Crippen molar-refractivity contribution in [3.8, 4) is 0 Å². The second-order valence-corrected chi connectivity index (χ2v) is 5.57. The summed E-state index contributed by atoms with van der Waals surface area (Å²) in [6, 6.07) is 16.8. The van der Waals surface area contributed by atoms with Crippen molar-refractivity contribution in [2.75, 3.05) is 0 Å². The van der Waals surface area contributed by atoms with E-state index in [1.807, 2.05) is 12.1 Å². The standard InChI is InChI=1S/C17H15BNS.Rb/c18-19-17-9-7-13-6-8-14(20)11-15(13)16(17)10-12-4-2-1-3-5-12;/h1-6,8,11,20H,7,9-10H2;/q-1;+1.